The Labute approximate surface area is 95.0 Å². The minimum absolute atomic E-state index is 0.0178. The molecule has 0 aromatic heterocycles. The summed E-state index contributed by atoms with van der Waals surface area (Å²) >= 11 is 0. The summed E-state index contributed by atoms with van der Waals surface area (Å²) in [5.41, 5.74) is 6.52. The molecule has 90 valence electrons. The largest absolute Gasteiger partial charge is 0.493 e. The van der Waals surface area contributed by atoms with E-state index in [9.17, 15) is 4.39 Å². The van der Waals surface area contributed by atoms with Crippen LogP contribution in [-0.4, -0.2) is 18.3 Å². The van der Waals surface area contributed by atoms with Crippen LogP contribution >= 0.6 is 0 Å². The molecular formula is C12H18FNO2. The normalized spacial score (nSPS) is 14.6. The summed E-state index contributed by atoms with van der Waals surface area (Å²) in [7, 11) is 0. The predicted octanol–water partition coefficient (Wildman–Crippen LogP) is 1.85. The highest BCUT2D eigenvalue weighted by molar-refractivity contribution is 5.36. The monoisotopic (exact) mass is 227 g/mol. The van der Waals surface area contributed by atoms with Gasteiger partial charge in [-0.05, 0) is 13.0 Å². The van der Waals surface area contributed by atoms with E-state index in [2.05, 4.69) is 0 Å². The summed E-state index contributed by atoms with van der Waals surface area (Å²) in [5.74, 6) is 0.121. The first kappa shape index (κ1) is 12.9. The van der Waals surface area contributed by atoms with Crippen molar-refractivity contribution in [3.05, 3.63) is 29.6 Å². The lowest BCUT2D eigenvalue weighted by atomic mass is 10.1. The second kappa shape index (κ2) is 5.82. The summed E-state index contributed by atoms with van der Waals surface area (Å²) < 4.78 is 18.5. The highest BCUT2D eigenvalue weighted by atomic mass is 19.1. The van der Waals surface area contributed by atoms with Gasteiger partial charge in [-0.2, -0.15) is 0 Å². The molecule has 3 nitrogen and oxygen atoms in total. The summed E-state index contributed by atoms with van der Waals surface area (Å²) in [6, 6.07) is 4.10. The molecule has 2 atom stereocenters. The van der Waals surface area contributed by atoms with Crippen molar-refractivity contribution >= 4 is 0 Å². The first-order valence-electron chi connectivity index (χ1n) is 5.33. The molecule has 0 bridgehead atoms. The molecule has 0 spiro atoms. The van der Waals surface area contributed by atoms with Crippen LogP contribution in [-0.2, 0) is 0 Å². The minimum atomic E-state index is -0.351. The van der Waals surface area contributed by atoms with Crippen molar-refractivity contribution in [2.45, 2.75) is 19.9 Å². The lowest BCUT2D eigenvalue weighted by molar-refractivity contribution is 0.173. The van der Waals surface area contributed by atoms with Gasteiger partial charge in [-0.1, -0.05) is 13.0 Å². The summed E-state index contributed by atoms with van der Waals surface area (Å²) in [6.07, 6.45) is 0. The molecular weight excluding hydrogens is 209 g/mol. The third-order valence-corrected chi connectivity index (χ3v) is 2.30. The van der Waals surface area contributed by atoms with Crippen molar-refractivity contribution in [3.8, 4) is 5.75 Å². The molecule has 0 aliphatic carbocycles. The quantitative estimate of drug-likeness (QED) is 0.807. The number of benzene rings is 1. The molecule has 0 aliphatic rings. The topological polar surface area (TPSA) is 55.5 Å². The number of rotatable bonds is 5. The molecule has 0 radical (unpaired) electrons. The van der Waals surface area contributed by atoms with Gasteiger partial charge in [0.15, 0.2) is 0 Å². The average Bonchev–Trinajstić information content (AvgIpc) is 2.25. The smallest absolute Gasteiger partial charge is 0.126 e. The van der Waals surface area contributed by atoms with Crippen molar-refractivity contribution in [1.29, 1.82) is 0 Å². The Balaban J connectivity index is 2.80. The van der Waals surface area contributed by atoms with Gasteiger partial charge in [0, 0.05) is 30.2 Å². The molecule has 1 rings (SSSR count). The van der Waals surface area contributed by atoms with Crippen molar-refractivity contribution in [1.82, 2.24) is 0 Å². The SMILES string of the molecule is CC(CO)COc1cc(F)ccc1C(C)N. The maximum atomic E-state index is 13.0. The predicted molar refractivity (Wildman–Crippen MR) is 60.7 cm³/mol. The van der Waals surface area contributed by atoms with E-state index < -0.39 is 0 Å². The zero-order valence-corrected chi connectivity index (χ0v) is 9.61. The Morgan fingerprint density at radius 1 is 1.44 bits per heavy atom. The van der Waals surface area contributed by atoms with E-state index in [4.69, 9.17) is 15.6 Å². The number of aliphatic hydroxyl groups excluding tert-OH is 1. The second-order valence-electron chi connectivity index (χ2n) is 4.07. The zero-order valence-electron chi connectivity index (χ0n) is 9.61. The Morgan fingerprint density at radius 2 is 2.12 bits per heavy atom. The van der Waals surface area contributed by atoms with Crippen LogP contribution < -0.4 is 10.5 Å². The number of hydrogen-bond acceptors (Lipinski definition) is 3. The minimum Gasteiger partial charge on any atom is -0.493 e. The van der Waals surface area contributed by atoms with Gasteiger partial charge >= 0.3 is 0 Å². The highest BCUT2D eigenvalue weighted by Gasteiger charge is 2.10. The zero-order chi connectivity index (χ0) is 12.1. The molecule has 3 N–H and O–H groups in total. The van der Waals surface area contributed by atoms with E-state index in [1.54, 1.807) is 6.07 Å². The van der Waals surface area contributed by atoms with Crippen LogP contribution in [0.25, 0.3) is 0 Å². The van der Waals surface area contributed by atoms with Crippen molar-refractivity contribution < 1.29 is 14.2 Å². The number of nitrogens with two attached hydrogens (primary N) is 1. The van der Waals surface area contributed by atoms with Crippen LogP contribution in [0.4, 0.5) is 4.39 Å². The molecule has 1 aromatic rings. The van der Waals surface area contributed by atoms with Gasteiger partial charge in [0.1, 0.15) is 11.6 Å². The molecule has 0 aliphatic heterocycles. The molecule has 16 heavy (non-hydrogen) atoms. The first-order chi connectivity index (χ1) is 7.54. The molecule has 0 heterocycles. The van der Waals surface area contributed by atoms with Crippen molar-refractivity contribution in [3.63, 3.8) is 0 Å². The maximum Gasteiger partial charge on any atom is 0.126 e. The number of halogens is 1. The maximum absolute atomic E-state index is 13.0. The third-order valence-electron chi connectivity index (χ3n) is 2.30. The van der Waals surface area contributed by atoms with Crippen LogP contribution in [0.2, 0.25) is 0 Å². The molecule has 1 aromatic carbocycles. The number of aliphatic hydroxyl groups is 1. The van der Waals surface area contributed by atoms with Crippen molar-refractivity contribution in [2.24, 2.45) is 11.7 Å². The van der Waals surface area contributed by atoms with E-state index in [-0.39, 0.29) is 24.4 Å². The van der Waals surface area contributed by atoms with Crippen LogP contribution in [0, 0.1) is 11.7 Å². The molecule has 2 unspecified atom stereocenters. The van der Waals surface area contributed by atoms with E-state index >= 15 is 0 Å². The Hall–Kier alpha value is -1.13. The van der Waals surface area contributed by atoms with Gasteiger partial charge < -0.3 is 15.6 Å². The summed E-state index contributed by atoms with van der Waals surface area (Å²) in [6.45, 7) is 4.06. The molecule has 0 amide bonds. The number of ether oxygens (including phenoxy) is 1. The lowest BCUT2D eigenvalue weighted by Gasteiger charge is -2.16. The van der Waals surface area contributed by atoms with Crippen LogP contribution in [0.1, 0.15) is 25.5 Å². The number of hydrogen-bond donors (Lipinski definition) is 2. The fourth-order valence-electron chi connectivity index (χ4n) is 1.29. The van der Waals surface area contributed by atoms with Crippen LogP contribution in [0.3, 0.4) is 0 Å². The lowest BCUT2D eigenvalue weighted by Crippen LogP contribution is -2.14. The molecule has 0 saturated heterocycles. The van der Waals surface area contributed by atoms with E-state index in [1.807, 2.05) is 13.8 Å². The summed E-state index contributed by atoms with van der Waals surface area (Å²) in [4.78, 5) is 0. The highest BCUT2D eigenvalue weighted by Crippen LogP contribution is 2.25. The van der Waals surface area contributed by atoms with E-state index in [0.717, 1.165) is 5.56 Å². The first-order valence-corrected chi connectivity index (χ1v) is 5.33. The molecule has 4 heteroatoms. The van der Waals surface area contributed by atoms with Crippen LogP contribution in [0.5, 0.6) is 5.75 Å². The van der Waals surface area contributed by atoms with Crippen molar-refractivity contribution in [2.75, 3.05) is 13.2 Å². The van der Waals surface area contributed by atoms with Gasteiger partial charge in [-0.3, -0.25) is 0 Å². The summed E-state index contributed by atoms with van der Waals surface area (Å²) in [5, 5.41) is 8.87. The Morgan fingerprint density at radius 3 is 2.69 bits per heavy atom. The second-order valence-corrected chi connectivity index (χ2v) is 4.07. The van der Waals surface area contributed by atoms with Gasteiger partial charge in [0.2, 0.25) is 0 Å². The molecule has 0 fully saturated rings. The van der Waals surface area contributed by atoms with E-state index in [1.165, 1.54) is 12.1 Å². The van der Waals surface area contributed by atoms with Gasteiger partial charge in [-0.15, -0.1) is 0 Å². The standard InChI is InChI=1S/C12H18FNO2/c1-8(6-15)7-16-12-5-10(13)3-4-11(12)9(2)14/h3-5,8-9,15H,6-7,14H2,1-2H3. The van der Waals surface area contributed by atoms with Gasteiger partial charge in [0.25, 0.3) is 0 Å². The Bertz CT molecular complexity index is 342. The average molecular weight is 227 g/mol. The third kappa shape index (κ3) is 3.47. The Kier molecular flexibility index (Phi) is 4.71. The fourth-order valence-corrected chi connectivity index (χ4v) is 1.29. The van der Waals surface area contributed by atoms with Crippen LogP contribution in [0.15, 0.2) is 18.2 Å². The van der Waals surface area contributed by atoms with Gasteiger partial charge in [0.05, 0.1) is 6.61 Å². The molecule has 0 saturated carbocycles. The van der Waals surface area contributed by atoms with Gasteiger partial charge in [-0.25, -0.2) is 4.39 Å². The van der Waals surface area contributed by atoms with E-state index in [0.29, 0.717) is 12.4 Å². The fraction of sp³-hybridized carbons (Fsp3) is 0.500.